The highest BCUT2D eigenvalue weighted by Crippen LogP contribution is 2.41. The number of nitrogens with zero attached hydrogens (tertiary/aromatic N) is 1. The van der Waals surface area contributed by atoms with Crippen LogP contribution in [0.2, 0.25) is 0 Å². The summed E-state index contributed by atoms with van der Waals surface area (Å²) >= 11 is 1.05. The zero-order chi connectivity index (χ0) is 24.8. The van der Waals surface area contributed by atoms with Gasteiger partial charge in [0.25, 0.3) is 0 Å². The van der Waals surface area contributed by atoms with Crippen molar-refractivity contribution in [3.63, 3.8) is 0 Å². The molecule has 0 bridgehead atoms. The first-order valence-electron chi connectivity index (χ1n) is 11.2. The fourth-order valence-electron chi connectivity index (χ4n) is 4.45. The smallest absolute Gasteiger partial charge is 0.308 e. The topological polar surface area (TPSA) is 86.6 Å². The lowest BCUT2D eigenvalue weighted by molar-refractivity contribution is 0.0700. The first kappa shape index (κ1) is 23.6. The maximum Gasteiger partial charge on any atom is 0.308 e. The van der Waals surface area contributed by atoms with Crippen molar-refractivity contribution in [2.75, 3.05) is 7.11 Å². The van der Waals surface area contributed by atoms with Gasteiger partial charge in [-0.05, 0) is 55.8 Å². The van der Waals surface area contributed by atoms with Gasteiger partial charge in [-0.25, -0.2) is 13.1 Å². The minimum absolute atomic E-state index is 0.117. The van der Waals surface area contributed by atoms with Crippen molar-refractivity contribution in [1.82, 2.24) is 9.29 Å². The number of benzene rings is 3. The molecule has 0 fully saturated rings. The Hall–Kier alpha value is -3.14. The standard InChI is InChI=1S/C26H26N2O5S2/c1-26(2)15-21(20-13-18(32-3)9-12-23(20)33-26)27-35(30,31)19-10-11-22-24(14-19)34-25(29)28(22)16-17-7-5-4-6-8-17/h4-14,21,27H,15-16H2,1-3H3. The van der Waals surface area contributed by atoms with E-state index in [9.17, 15) is 13.2 Å². The minimum Gasteiger partial charge on any atom is -0.497 e. The zero-order valence-electron chi connectivity index (χ0n) is 19.6. The van der Waals surface area contributed by atoms with Crippen LogP contribution in [0, 0.1) is 0 Å². The molecule has 2 heterocycles. The molecular formula is C26H26N2O5S2. The summed E-state index contributed by atoms with van der Waals surface area (Å²) in [5.74, 6) is 1.25. The van der Waals surface area contributed by atoms with Gasteiger partial charge in [-0.3, -0.25) is 9.36 Å². The average molecular weight is 511 g/mol. The van der Waals surface area contributed by atoms with E-state index in [0.717, 1.165) is 22.5 Å². The van der Waals surface area contributed by atoms with Crippen molar-refractivity contribution >= 4 is 31.6 Å². The second-order valence-corrected chi connectivity index (χ2v) is 11.9. The maximum absolute atomic E-state index is 13.4. The maximum atomic E-state index is 13.4. The number of fused-ring (bicyclic) bond motifs is 2. The van der Waals surface area contributed by atoms with Crippen molar-refractivity contribution in [2.45, 2.75) is 43.4 Å². The van der Waals surface area contributed by atoms with E-state index in [1.54, 1.807) is 48.1 Å². The van der Waals surface area contributed by atoms with Gasteiger partial charge in [0, 0.05) is 12.0 Å². The van der Waals surface area contributed by atoms with Crippen molar-refractivity contribution < 1.29 is 17.9 Å². The highest BCUT2D eigenvalue weighted by Gasteiger charge is 2.36. The Morgan fingerprint density at radius 2 is 1.89 bits per heavy atom. The molecule has 1 aliphatic rings. The molecule has 5 rings (SSSR count). The number of methoxy groups -OCH3 is 1. The Morgan fingerprint density at radius 1 is 1.11 bits per heavy atom. The SMILES string of the molecule is COc1ccc2c(c1)C(NS(=O)(=O)c1ccc3c(c1)sc(=O)n3Cc1ccccc1)CC(C)(C)O2. The van der Waals surface area contributed by atoms with Crippen LogP contribution in [-0.4, -0.2) is 25.7 Å². The van der Waals surface area contributed by atoms with Gasteiger partial charge in [0.1, 0.15) is 17.1 Å². The molecule has 182 valence electrons. The summed E-state index contributed by atoms with van der Waals surface area (Å²) in [6.07, 6.45) is 0.454. The number of hydrogen-bond acceptors (Lipinski definition) is 6. The lowest BCUT2D eigenvalue weighted by Gasteiger charge is -2.37. The molecule has 35 heavy (non-hydrogen) atoms. The van der Waals surface area contributed by atoms with Crippen LogP contribution in [0.5, 0.6) is 11.5 Å². The summed E-state index contributed by atoms with van der Waals surface area (Å²) in [7, 11) is -2.31. The lowest BCUT2D eigenvalue weighted by Crippen LogP contribution is -2.41. The minimum atomic E-state index is -3.88. The molecule has 4 aromatic rings. The van der Waals surface area contributed by atoms with Crippen molar-refractivity contribution in [3.05, 3.63) is 87.5 Å². The van der Waals surface area contributed by atoms with Gasteiger partial charge >= 0.3 is 4.87 Å². The zero-order valence-corrected chi connectivity index (χ0v) is 21.3. The van der Waals surface area contributed by atoms with Gasteiger partial charge in [0.15, 0.2) is 0 Å². The van der Waals surface area contributed by atoms with Crippen LogP contribution in [0.3, 0.4) is 0 Å². The van der Waals surface area contributed by atoms with Gasteiger partial charge in [-0.1, -0.05) is 41.7 Å². The van der Waals surface area contributed by atoms with E-state index in [1.165, 1.54) is 0 Å². The van der Waals surface area contributed by atoms with Crippen molar-refractivity contribution in [2.24, 2.45) is 0 Å². The summed E-state index contributed by atoms with van der Waals surface area (Å²) in [4.78, 5) is 12.7. The second kappa shape index (κ2) is 8.82. The fraction of sp³-hybridized carbons (Fsp3) is 0.269. The molecule has 1 N–H and O–H groups in total. The van der Waals surface area contributed by atoms with Crippen LogP contribution < -0.4 is 19.1 Å². The Morgan fingerprint density at radius 3 is 2.63 bits per heavy atom. The molecule has 0 aliphatic carbocycles. The first-order valence-corrected chi connectivity index (χ1v) is 13.5. The summed E-state index contributed by atoms with van der Waals surface area (Å²) < 4.78 is 43.4. The number of rotatable bonds is 6. The van der Waals surface area contributed by atoms with E-state index in [2.05, 4.69) is 4.72 Å². The molecule has 1 atom stereocenters. The summed E-state index contributed by atoms with van der Waals surface area (Å²) in [5.41, 5.74) is 1.90. The highest BCUT2D eigenvalue weighted by atomic mass is 32.2. The Balaban J connectivity index is 1.48. The molecule has 9 heteroatoms. The number of sulfonamides is 1. The van der Waals surface area contributed by atoms with Gasteiger partial charge < -0.3 is 9.47 Å². The molecule has 1 unspecified atom stereocenters. The average Bonchev–Trinajstić information content (AvgIpc) is 3.13. The molecule has 3 aromatic carbocycles. The fourth-order valence-corrected chi connectivity index (χ4v) is 6.70. The number of thiazole rings is 1. The number of ether oxygens (including phenoxy) is 2. The van der Waals surface area contributed by atoms with Gasteiger partial charge in [0.2, 0.25) is 10.0 Å². The normalized spacial score (nSPS) is 17.1. The predicted octanol–water partition coefficient (Wildman–Crippen LogP) is 4.70. The van der Waals surface area contributed by atoms with E-state index in [-0.39, 0.29) is 9.77 Å². The van der Waals surface area contributed by atoms with Crippen LogP contribution in [0.1, 0.15) is 37.4 Å². The third kappa shape index (κ3) is 4.71. The third-order valence-corrected chi connectivity index (χ3v) is 8.52. The Labute approximate surface area is 208 Å². The van der Waals surface area contributed by atoms with E-state index in [4.69, 9.17) is 9.47 Å². The molecule has 0 saturated carbocycles. The van der Waals surface area contributed by atoms with Crippen LogP contribution in [0.4, 0.5) is 0 Å². The van der Waals surface area contributed by atoms with Crippen LogP contribution >= 0.6 is 11.3 Å². The molecule has 7 nitrogen and oxygen atoms in total. The predicted molar refractivity (Wildman–Crippen MR) is 137 cm³/mol. The number of aromatic nitrogens is 1. The first-order chi connectivity index (χ1) is 16.6. The molecule has 0 radical (unpaired) electrons. The summed E-state index contributed by atoms with van der Waals surface area (Å²) in [6.45, 7) is 4.29. The van der Waals surface area contributed by atoms with Gasteiger partial charge in [0.05, 0.1) is 34.8 Å². The summed E-state index contributed by atoms with van der Waals surface area (Å²) in [6, 6.07) is 19.4. The number of hydrogen-bond donors (Lipinski definition) is 1. The molecule has 1 aliphatic heterocycles. The lowest BCUT2D eigenvalue weighted by atomic mass is 9.90. The van der Waals surface area contributed by atoms with Crippen LogP contribution in [0.25, 0.3) is 10.2 Å². The van der Waals surface area contributed by atoms with Crippen molar-refractivity contribution in [3.8, 4) is 11.5 Å². The highest BCUT2D eigenvalue weighted by molar-refractivity contribution is 7.89. The van der Waals surface area contributed by atoms with Crippen molar-refractivity contribution in [1.29, 1.82) is 0 Å². The van der Waals surface area contributed by atoms with Gasteiger partial charge in [-0.15, -0.1) is 0 Å². The largest absolute Gasteiger partial charge is 0.497 e. The molecule has 0 amide bonds. The summed E-state index contributed by atoms with van der Waals surface area (Å²) in [5, 5.41) is 0. The van der Waals surface area contributed by atoms with Gasteiger partial charge in [-0.2, -0.15) is 0 Å². The third-order valence-electron chi connectivity index (χ3n) is 6.11. The van der Waals surface area contributed by atoms with E-state index < -0.39 is 21.7 Å². The second-order valence-electron chi connectivity index (χ2n) is 9.21. The monoisotopic (exact) mass is 510 g/mol. The molecular weight excluding hydrogens is 484 g/mol. The quantitative estimate of drug-likeness (QED) is 0.406. The Bertz CT molecular complexity index is 1560. The van der Waals surface area contributed by atoms with Crippen LogP contribution in [-0.2, 0) is 16.6 Å². The van der Waals surface area contributed by atoms with Crippen LogP contribution in [0.15, 0.2) is 76.4 Å². The number of nitrogens with one attached hydrogen (secondary N) is 1. The molecule has 0 saturated heterocycles. The molecule has 0 spiro atoms. The van der Waals surface area contributed by atoms with E-state index in [1.807, 2.05) is 44.2 Å². The van der Waals surface area contributed by atoms with E-state index in [0.29, 0.717) is 34.7 Å². The Kier molecular flexibility index (Phi) is 5.94. The van der Waals surface area contributed by atoms with E-state index >= 15 is 0 Å². The molecule has 1 aromatic heterocycles.